The van der Waals surface area contributed by atoms with Crippen molar-refractivity contribution in [1.29, 1.82) is 0 Å². The number of rotatable bonds is 9. The molecule has 0 radical (unpaired) electrons. The summed E-state index contributed by atoms with van der Waals surface area (Å²) < 4.78 is 10.7. The molecule has 0 saturated heterocycles. The molecule has 0 aliphatic rings. The lowest BCUT2D eigenvalue weighted by atomic mass is 10.1. The predicted octanol–water partition coefficient (Wildman–Crippen LogP) is 2.66. The number of hydrogen-bond acceptors (Lipinski definition) is 4. The van der Waals surface area contributed by atoms with Crippen LogP contribution in [0, 0.1) is 0 Å². The van der Waals surface area contributed by atoms with Crippen molar-refractivity contribution in [2.75, 3.05) is 26.7 Å². The van der Waals surface area contributed by atoms with Crippen molar-refractivity contribution in [3.05, 3.63) is 0 Å². The Labute approximate surface area is 153 Å². The first-order valence-electron chi connectivity index (χ1n) is 9.09. The Morgan fingerprint density at radius 3 is 2.24 bits per heavy atom. The third-order valence-corrected chi connectivity index (χ3v) is 3.39. The number of amides is 1. The molecule has 0 fully saturated rings. The highest BCUT2D eigenvalue weighted by atomic mass is 16.6. The number of carbonyl (C=O) groups excluding carboxylic acids is 1. The fourth-order valence-electron chi connectivity index (χ4n) is 1.94. The summed E-state index contributed by atoms with van der Waals surface area (Å²) in [5.41, 5.74) is -0.823. The lowest BCUT2D eigenvalue weighted by Crippen LogP contribution is -2.48. The third-order valence-electron chi connectivity index (χ3n) is 3.39. The molecule has 1 atom stereocenters. The molecule has 0 saturated carbocycles. The molecular weight excluding hydrogens is 320 g/mol. The number of guanidine groups is 1. The molecule has 7 heteroatoms. The van der Waals surface area contributed by atoms with Crippen LogP contribution >= 0.6 is 0 Å². The Bertz CT molecular complexity index is 417. The van der Waals surface area contributed by atoms with Gasteiger partial charge in [0.2, 0.25) is 0 Å². The van der Waals surface area contributed by atoms with Gasteiger partial charge in [0.05, 0.1) is 12.1 Å². The molecule has 0 aliphatic carbocycles. The second kappa shape index (κ2) is 11.2. The highest BCUT2D eigenvalue weighted by Crippen LogP contribution is 2.08. The van der Waals surface area contributed by atoms with Gasteiger partial charge in [-0.05, 0) is 48.0 Å². The number of alkyl carbamates (subject to hydrolysis) is 1. The zero-order valence-corrected chi connectivity index (χ0v) is 17.3. The van der Waals surface area contributed by atoms with Crippen LogP contribution in [0.3, 0.4) is 0 Å². The zero-order valence-electron chi connectivity index (χ0n) is 17.3. The van der Waals surface area contributed by atoms with E-state index < -0.39 is 11.7 Å². The molecule has 0 bridgehead atoms. The van der Waals surface area contributed by atoms with E-state index in [1.54, 1.807) is 7.11 Å². The van der Waals surface area contributed by atoms with E-state index in [9.17, 15) is 4.79 Å². The molecule has 0 aromatic heterocycles. The van der Waals surface area contributed by atoms with E-state index in [1.165, 1.54) is 0 Å². The largest absolute Gasteiger partial charge is 0.444 e. The molecule has 7 nitrogen and oxygen atoms in total. The molecular formula is C18H38N4O3. The molecule has 0 aromatic carbocycles. The van der Waals surface area contributed by atoms with Crippen LogP contribution in [0.4, 0.5) is 4.79 Å². The molecule has 1 unspecified atom stereocenters. The van der Waals surface area contributed by atoms with Crippen molar-refractivity contribution >= 4 is 12.1 Å². The van der Waals surface area contributed by atoms with E-state index >= 15 is 0 Å². The van der Waals surface area contributed by atoms with Gasteiger partial charge in [-0.2, -0.15) is 0 Å². The SMILES string of the molecule is CCCC(CNC(=NCC(C)(C)OC)NCC)NC(=O)OC(C)(C)C. The maximum atomic E-state index is 12.0. The highest BCUT2D eigenvalue weighted by molar-refractivity contribution is 5.79. The summed E-state index contributed by atoms with van der Waals surface area (Å²) in [5, 5.41) is 9.42. The Hall–Kier alpha value is -1.50. The smallest absolute Gasteiger partial charge is 0.407 e. The monoisotopic (exact) mass is 358 g/mol. The van der Waals surface area contributed by atoms with Crippen LogP contribution in [0.1, 0.15) is 61.3 Å². The summed E-state index contributed by atoms with van der Waals surface area (Å²) in [6.45, 7) is 15.5. The fourth-order valence-corrected chi connectivity index (χ4v) is 1.94. The molecule has 0 spiro atoms. The van der Waals surface area contributed by atoms with Gasteiger partial charge in [-0.15, -0.1) is 0 Å². The minimum absolute atomic E-state index is 0.0286. The Morgan fingerprint density at radius 1 is 1.12 bits per heavy atom. The Morgan fingerprint density at radius 2 is 1.76 bits per heavy atom. The summed E-state index contributed by atoms with van der Waals surface area (Å²) in [4.78, 5) is 16.5. The summed E-state index contributed by atoms with van der Waals surface area (Å²) in [6.07, 6.45) is 1.43. The van der Waals surface area contributed by atoms with Gasteiger partial charge < -0.3 is 25.4 Å². The lowest BCUT2D eigenvalue weighted by molar-refractivity contribution is 0.0310. The van der Waals surface area contributed by atoms with Gasteiger partial charge in [0.1, 0.15) is 5.60 Å². The van der Waals surface area contributed by atoms with Crippen LogP contribution in [0.15, 0.2) is 4.99 Å². The second-order valence-electron chi connectivity index (χ2n) is 7.67. The van der Waals surface area contributed by atoms with Crippen molar-refractivity contribution < 1.29 is 14.3 Å². The quantitative estimate of drug-likeness (QED) is 0.436. The fraction of sp³-hybridized carbons (Fsp3) is 0.889. The van der Waals surface area contributed by atoms with Crippen LogP contribution in [0.5, 0.6) is 0 Å². The molecule has 1 amide bonds. The lowest BCUT2D eigenvalue weighted by Gasteiger charge is -2.25. The topological polar surface area (TPSA) is 84.0 Å². The number of aliphatic imine (C=N–C) groups is 1. The Kier molecular flexibility index (Phi) is 10.5. The number of nitrogens with one attached hydrogen (secondary N) is 3. The molecule has 0 rings (SSSR count). The zero-order chi connectivity index (χ0) is 19.5. The minimum atomic E-state index is -0.504. The van der Waals surface area contributed by atoms with Gasteiger partial charge >= 0.3 is 6.09 Å². The van der Waals surface area contributed by atoms with E-state index in [0.717, 1.165) is 19.4 Å². The number of nitrogens with zero attached hydrogens (tertiary/aromatic N) is 1. The van der Waals surface area contributed by atoms with Crippen molar-refractivity contribution in [3.8, 4) is 0 Å². The summed E-state index contributed by atoms with van der Waals surface area (Å²) in [6, 6.07) is -0.0286. The number of methoxy groups -OCH3 is 1. The van der Waals surface area contributed by atoms with Crippen LogP contribution in [0.25, 0.3) is 0 Å². The standard InChI is InChI=1S/C18H38N4O3/c1-9-11-14(22-16(23)25-17(3,4)5)12-20-15(19-10-2)21-13-18(6,7)24-8/h14H,9-13H2,1-8H3,(H,22,23)(H2,19,20,21). The van der Waals surface area contributed by atoms with Crippen LogP contribution < -0.4 is 16.0 Å². The van der Waals surface area contributed by atoms with E-state index in [1.807, 2.05) is 41.5 Å². The van der Waals surface area contributed by atoms with Crippen molar-refractivity contribution in [1.82, 2.24) is 16.0 Å². The van der Waals surface area contributed by atoms with Gasteiger partial charge in [0.15, 0.2) is 5.96 Å². The Balaban J connectivity index is 4.71. The van der Waals surface area contributed by atoms with E-state index in [4.69, 9.17) is 9.47 Å². The highest BCUT2D eigenvalue weighted by Gasteiger charge is 2.20. The molecule has 148 valence electrons. The first-order chi connectivity index (χ1) is 11.5. The first kappa shape index (κ1) is 23.5. The van der Waals surface area contributed by atoms with E-state index in [0.29, 0.717) is 19.0 Å². The molecule has 0 aromatic rings. The normalized spacial score (nSPS) is 14.0. The average molecular weight is 359 g/mol. The molecule has 0 heterocycles. The predicted molar refractivity (Wildman–Crippen MR) is 103 cm³/mol. The van der Waals surface area contributed by atoms with Gasteiger partial charge in [0.25, 0.3) is 0 Å². The van der Waals surface area contributed by atoms with Crippen LogP contribution in [0.2, 0.25) is 0 Å². The third kappa shape index (κ3) is 12.5. The van der Waals surface area contributed by atoms with E-state index in [-0.39, 0.29) is 11.6 Å². The number of hydrogen-bond donors (Lipinski definition) is 3. The number of ether oxygens (including phenoxy) is 2. The second-order valence-corrected chi connectivity index (χ2v) is 7.67. The van der Waals surface area contributed by atoms with Gasteiger partial charge in [-0.3, -0.25) is 4.99 Å². The van der Waals surface area contributed by atoms with Crippen molar-refractivity contribution in [2.24, 2.45) is 4.99 Å². The van der Waals surface area contributed by atoms with Crippen LogP contribution in [-0.4, -0.2) is 56.0 Å². The van der Waals surface area contributed by atoms with Crippen LogP contribution in [-0.2, 0) is 9.47 Å². The molecule has 3 N–H and O–H groups in total. The van der Waals surface area contributed by atoms with E-state index in [2.05, 4.69) is 27.9 Å². The van der Waals surface area contributed by atoms with Crippen molar-refractivity contribution in [3.63, 3.8) is 0 Å². The van der Waals surface area contributed by atoms with Gasteiger partial charge in [0, 0.05) is 26.2 Å². The molecule has 0 aliphatic heterocycles. The summed E-state index contributed by atoms with van der Waals surface area (Å²) in [5.74, 6) is 0.708. The maximum Gasteiger partial charge on any atom is 0.407 e. The van der Waals surface area contributed by atoms with Gasteiger partial charge in [-0.25, -0.2) is 4.79 Å². The average Bonchev–Trinajstić information content (AvgIpc) is 2.48. The summed E-state index contributed by atoms with van der Waals surface area (Å²) in [7, 11) is 1.68. The summed E-state index contributed by atoms with van der Waals surface area (Å²) >= 11 is 0. The first-order valence-corrected chi connectivity index (χ1v) is 9.09. The number of carbonyl (C=O) groups is 1. The minimum Gasteiger partial charge on any atom is -0.444 e. The van der Waals surface area contributed by atoms with Crippen molar-refractivity contribution in [2.45, 2.75) is 78.6 Å². The van der Waals surface area contributed by atoms with Gasteiger partial charge in [-0.1, -0.05) is 13.3 Å². The molecule has 25 heavy (non-hydrogen) atoms. The maximum absolute atomic E-state index is 12.0.